The van der Waals surface area contributed by atoms with Crippen molar-refractivity contribution in [3.05, 3.63) is 47.1 Å². The maximum Gasteiger partial charge on any atom is 0.264 e. The summed E-state index contributed by atoms with van der Waals surface area (Å²) in [7, 11) is -2.77. The van der Waals surface area contributed by atoms with Crippen LogP contribution in [0.15, 0.2) is 41.5 Å². The molecule has 0 radical (unpaired) electrons. The Kier molecular flexibility index (Phi) is 9.41. The number of benzene rings is 1. The summed E-state index contributed by atoms with van der Waals surface area (Å²) in [6.45, 7) is 13.2. The van der Waals surface area contributed by atoms with Gasteiger partial charge in [-0.3, -0.25) is 9.59 Å². The number of amides is 2. The Morgan fingerprint density at radius 3 is 2.65 bits per heavy atom. The highest BCUT2D eigenvalue weighted by Gasteiger charge is 2.66. The molecule has 9 heteroatoms. The molecule has 1 aromatic carbocycles. The first-order valence-electron chi connectivity index (χ1n) is 14.7. The predicted molar refractivity (Wildman–Crippen MR) is 162 cm³/mol. The minimum absolute atomic E-state index is 0.0806. The highest BCUT2D eigenvalue weighted by Crippen LogP contribution is 2.59. The Hall–Kier alpha value is -2.30. The van der Waals surface area contributed by atoms with Crippen LogP contribution in [0, 0.1) is 5.92 Å². The molecule has 0 aromatic heterocycles. The van der Waals surface area contributed by atoms with Gasteiger partial charge in [0.25, 0.3) is 5.91 Å². The van der Waals surface area contributed by atoms with Crippen molar-refractivity contribution >= 4 is 31.5 Å². The van der Waals surface area contributed by atoms with Crippen molar-refractivity contribution in [1.82, 2.24) is 5.32 Å². The summed E-state index contributed by atoms with van der Waals surface area (Å²) < 4.78 is 6.70. The molecular weight excluding hydrogens is 522 g/mol. The van der Waals surface area contributed by atoms with Gasteiger partial charge in [0.2, 0.25) is 5.91 Å². The fourth-order valence-electron chi connectivity index (χ4n) is 6.81. The molecule has 3 aliphatic rings. The van der Waals surface area contributed by atoms with Crippen LogP contribution in [-0.2, 0) is 19.9 Å². The number of nitrogens with one attached hydrogen (secondary N) is 2. The van der Waals surface area contributed by atoms with E-state index in [1.54, 1.807) is 4.90 Å². The normalized spacial score (nSPS) is 28.4. The molecule has 4 N–H and O–H groups in total. The number of anilines is 2. The van der Waals surface area contributed by atoms with Gasteiger partial charge < -0.3 is 30.2 Å². The summed E-state index contributed by atoms with van der Waals surface area (Å²) in [6, 6.07) is 5.41. The lowest BCUT2D eigenvalue weighted by Crippen LogP contribution is -2.46. The van der Waals surface area contributed by atoms with E-state index in [0.29, 0.717) is 18.7 Å². The van der Waals surface area contributed by atoms with E-state index in [0.717, 1.165) is 43.5 Å². The number of nitrogens with zero attached hydrogens (tertiary/aromatic N) is 1. The number of allylic oxidation sites excluding steroid dienone is 3. The molecule has 4 rings (SSSR count). The van der Waals surface area contributed by atoms with Crippen molar-refractivity contribution in [2.45, 2.75) is 96.2 Å². The van der Waals surface area contributed by atoms with Crippen molar-refractivity contribution in [2.24, 2.45) is 5.92 Å². The molecule has 0 aliphatic carbocycles. The minimum Gasteiger partial charge on any atom is -0.432 e. The van der Waals surface area contributed by atoms with Gasteiger partial charge in [0.05, 0.1) is 17.8 Å². The molecule has 2 amide bonds. The number of aliphatic hydroxyl groups excluding tert-OH is 1. The molecule has 40 heavy (non-hydrogen) atoms. The quantitative estimate of drug-likeness (QED) is 0.242. The maximum atomic E-state index is 14.4. The molecule has 2 saturated heterocycles. The van der Waals surface area contributed by atoms with Crippen molar-refractivity contribution in [2.75, 3.05) is 29.9 Å². The summed E-state index contributed by atoms with van der Waals surface area (Å²) in [5.74, 6) is -0.534. The van der Waals surface area contributed by atoms with Gasteiger partial charge in [-0.15, -0.1) is 0 Å². The van der Waals surface area contributed by atoms with Gasteiger partial charge in [-0.05, 0) is 90.7 Å². The van der Waals surface area contributed by atoms with Crippen LogP contribution in [0.5, 0.6) is 0 Å². The summed E-state index contributed by atoms with van der Waals surface area (Å²) in [4.78, 5) is 40.4. The highest BCUT2D eigenvalue weighted by molar-refractivity contribution is 6.71. The molecule has 0 saturated carbocycles. The number of carbonyl (C=O) groups excluding carboxylic acids is 2. The molecule has 0 unspecified atom stereocenters. The molecule has 8 nitrogen and oxygen atoms in total. The average molecular weight is 570 g/mol. The molecule has 5 atom stereocenters. The topological polar surface area (TPSA) is 111 Å². The third-order valence-corrected chi connectivity index (χ3v) is 11.3. The molecule has 3 aliphatic heterocycles. The van der Waals surface area contributed by atoms with E-state index in [1.165, 1.54) is 11.1 Å². The first-order chi connectivity index (χ1) is 18.9. The smallest absolute Gasteiger partial charge is 0.264 e. The zero-order valence-corrected chi connectivity index (χ0v) is 25.9. The molecule has 1 spiro atoms. The Balaban J connectivity index is 1.72. The van der Waals surface area contributed by atoms with E-state index in [9.17, 15) is 19.5 Å². The second-order valence-electron chi connectivity index (χ2n) is 12.5. The van der Waals surface area contributed by atoms with Crippen molar-refractivity contribution in [3.63, 3.8) is 0 Å². The van der Waals surface area contributed by atoms with E-state index >= 15 is 0 Å². The zero-order chi connectivity index (χ0) is 29.2. The second kappa shape index (κ2) is 12.3. The summed E-state index contributed by atoms with van der Waals surface area (Å²) in [5.41, 5.74) is 3.09. The number of carbonyl (C=O) groups is 2. The Labute approximate surface area is 240 Å². The molecule has 2 fully saturated rings. The van der Waals surface area contributed by atoms with Gasteiger partial charge in [0, 0.05) is 35.9 Å². The van der Waals surface area contributed by atoms with Gasteiger partial charge in [-0.1, -0.05) is 30.2 Å². The lowest BCUT2D eigenvalue weighted by molar-refractivity contribution is -0.146. The van der Waals surface area contributed by atoms with Crippen LogP contribution >= 0.6 is 0 Å². The summed E-state index contributed by atoms with van der Waals surface area (Å²) >= 11 is 0. The number of aliphatic hydroxyl groups is 1. The second-order valence-corrected chi connectivity index (χ2v) is 16.5. The van der Waals surface area contributed by atoms with Crippen LogP contribution in [0.2, 0.25) is 18.6 Å². The third kappa shape index (κ3) is 5.99. The lowest BCUT2D eigenvalue weighted by Gasteiger charge is -2.32. The van der Waals surface area contributed by atoms with E-state index in [-0.39, 0.29) is 35.9 Å². The monoisotopic (exact) mass is 569 g/mol. The molecular formula is C31H47N3O5Si. The average Bonchev–Trinajstić information content (AvgIpc) is 3.56. The maximum absolute atomic E-state index is 14.4. The number of ether oxygens (including phenoxy) is 1. The number of rotatable bonds is 10. The Bertz CT molecular complexity index is 1170. The van der Waals surface area contributed by atoms with Crippen molar-refractivity contribution < 1.29 is 24.2 Å². The number of fused-ring (bicyclic) bond motifs is 2. The summed E-state index contributed by atoms with van der Waals surface area (Å²) in [6.07, 6.45) is 7.88. The zero-order valence-electron chi connectivity index (χ0n) is 24.9. The third-order valence-electron chi connectivity index (χ3n) is 8.76. The van der Waals surface area contributed by atoms with Gasteiger partial charge in [0.15, 0.2) is 13.9 Å². The SMILES string of the molecule is CC(C)=CCC/C(C)=C/CN1C(=O)[C@]2(O[C@H](CCO)[C@@H]([Si](C)(C)O)[C@@H]2C)c2cc(NC(=O)[C@H]3CCCN3)ccc21. The fourth-order valence-corrected chi connectivity index (χ4v) is 9.41. The first kappa shape index (κ1) is 30.7. The lowest BCUT2D eigenvalue weighted by atomic mass is 9.82. The minimum atomic E-state index is -2.77. The largest absolute Gasteiger partial charge is 0.432 e. The van der Waals surface area contributed by atoms with Gasteiger partial charge in [0.1, 0.15) is 0 Å². The molecule has 3 heterocycles. The van der Waals surface area contributed by atoms with E-state index in [2.05, 4.69) is 43.6 Å². The van der Waals surface area contributed by atoms with Crippen LogP contribution in [0.1, 0.15) is 65.4 Å². The fraction of sp³-hybridized carbons (Fsp3) is 0.613. The predicted octanol–water partition coefficient (Wildman–Crippen LogP) is 4.60. The molecule has 220 valence electrons. The van der Waals surface area contributed by atoms with E-state index in [4.69, 9.17) is 4.74 Å². The van der Waals surface area contributed by atoms with Gasteiger partial charge >= 0.3 is 0 Å². The van der Waals surface area contributed by atoms with Gasteiger partial charge in [-0.2, -0.15) is 0 Å². The van der Waals surface area contributed by atoms with E-state index in [1.807, 2.05) is 38.2 Å². The summed E-state index contributed by atoms with van der Waals surface area (Å²) in [5, 5.41) is 16.1. The number of hydrogen-bond acceptors (Lipinski definition) is 6. The number of hydrogen-bond donors (Lipinski definition) is 4. The molecule has 1 aromatic rings. The van der Waals surface area contributed by atoms with Crippen LogP contribution in [0.25, 0.3) is 0 Å². The Morgan fingerprint density at radius 2 is 2.02 bits per heavy atom. The van der Waals surface area contributed by atoms with Crippen LogP contribution < -0.4 is 15.5 Å². The van der Waals surface area contributed by atoms with Crippen LogP contribution in [0.4, 0.5) is 11.4 Å². The first-order valence-corrected chi connectivity index (χ1v) is 17.7. The van der Waals surface area contributed by atoms with Crippen molar-refractivity contribution in [3.8, 4) is 0 Å². The highest BCUT2D eigenvalue weighted by atomic mass is 28.4. The van der Waals surface area contributed by atoms with Crippen LogP contribution in [-0.4, -0.2) is 61.9 Å². The van der Waals surface area contributed by atoms with E-state index < -0.39 is 20.0 Å². The van der Waals surface area contributed by atoms with Crippen molar-refractivity contribution in [1.29, 1.82) is 0 Å². The van der Waals surface area contributed by atoms with Crippen LogP contribution in [0.3, 0.4) is 0 Å². The molecule has 0 bridgehead atoms. The van der Waals surface area contributed by atoms with Gasteiger partial charge in [-0.25, -0.2) is 0 Å². The standard InChI is InChI=1S/C31H47N3O5Si/c1-20(2)9-7-10-21(3)14-17-34-26-13-12-23(33-29(36)25-11-8-16-32-25)19-24(26)31(30(34)37)22(4)28(40(5,6)38)27(39-31)15-18-35/h9,12-14,19,22,25,27-28,32,35,38H,7-8,10-11,15-18H2,1-6H3,(H,33,36)/b21-14+/t22-,25+,27+,28-,31+/m0/s1. The Morgan fingerprint density at radius 1 is 1.27 bits per heavy atom.